The van der Waals surface area contributed by atoms with Crippen molar-refractivity contribution in [3.63, 3.8) is 0 Å². The lowest BCUT2D eigenvalue weighted by Crippen LogP contribution is -2.55. The molecule has 1 aliphatic rings. The third-order valence-electron chi connectivity index (χ3n) is 3.91. The minimum absolute atomic E-state index is 0.0506. The van der Waals surface area contributed by atoms with Gasteiger partial charge in [-0.05, 0) is 32.0 Å². The number of benzene rings is 1. The highest BCUT2D eigenvalue weighted by Crippen LogP contribution is 2.38. The maximum atomic E-state index is 13.3. The summed E-state index contributed by atoms with van der Waals surface area (Å²) in [6.45, 7) is 2.14. The molecule has 4 nitrogen and oxygen atoms in total. The van der Waals surface area contributed by atoms with Gasteiger partial charge in [-0.25, -0.2) is 17.2 Å². The lowest BCUT2D eigenvalue weighted by atomic mass is 10.1. The molecular weight excluding hydrogens is 355 g/mol. The number of nitrogens with zero attached hydrogens (tertiary/aromatic N) is 2. The van der Waals surface area contributed by atoms with Crippen molar-refractivity contribution in [3.05, 3.63) is 29.6 Å². The highest BCUT2D eigenvalue weighted by molar-refractivity contribution is 7.89. The van der Waals surface area contributed by atoms with Gasteiger partial charge in [-0.1, -0.05) is 0 Å². The summed E-state index contributed by atoms with van der Waals surface area (Å²) in [7, 11) is -4.14. The molecule has 1 unspecified atom stereocenters. The van der Waals surface area contributed by atoms with Gasteiger partial charge in [0.15, 0.2) is 0 Å². The summed E-state index contributed by atoms with van der Waals surface area (Å²) in [6.07, 6.45) is -4.74. The lowest BCUT2D eigenvalue weighted by molar-refractivity contribution is -0.137. The molecule has 1 aliphatic heterocycles. The van der Waals surface area contributed by atoms with Crippen LogP contribution in [0.3, 0.4) is 0 Å². The van der Waals surface area contributed by atoms with E-state index in [1.54, 1.807) is 0 Å². The number of anilines is 1. The second kappa shape index (κ2) is 6.47. The quantitative estimate of drug-likeness (QED) is 0.766. The summed E-state index contributed by atoms with van der Waals surface area (Å²) in [5, 5.41) is 0. The van der Waals surface area contributed by atoms with Crippen molar-refractivity contribution in [2.75, 3.05) is 24.5 Å². The van der Waals surface area contributed by atoms with Crippen molar-refractivity contribution in [3.8, 4) is 0 Å². The average Bonchev–Trinajstić information content (AvgIpc) is 2.45. The molecule has 1 aromatic carbocycles. The summed E-state index contributed by atoms with van der Waals surface area (Å²) in [5.74, 6) is -1.01. The number of piperazine rings is 1. The highest BCUT2D eigenvalue weighted by atomic mass is 32.2. The summed E-state index contributed by atoms with van der Waals surface area (Å²) < 4.78 is 90.6. The molecule has 2 rings (SSSR count). The van der Waals surface area contributed by atoms with E-state index in [1.807, 2.05) is 0 Å². The Kier molecular flexibility index (Phi) is 5.10. The van der Waals surface area contributed by atoms with Crippen molar-refractivity contribution in [1.82, 2.24) is 4.31 Å². The molecule has 0 bridgehead atoms. The molecule has 1 aromatic rings. The first-order valence-corrected chi connectivity index (χ1v) is 8.71. The maximum absolute atomic E-state index is 13.3. The number of hydrogen-bond acceptors (Lipinski definition) is 3. The van der Waals surface area contributed by atoms with Gasteiger partial charge in [0.1, 0.15) is 5.82 Å². The van der Waals surface area contributed by atoms with E-state index in [-0.39, 0.29) is 25.3 Å². The second-order valence-electron chi connectivity index (χ2n) is 5.65. The van der Waals surface area contributed by atoms with Crippen LogP contribution < -0.4 is 4.90 Å². The summed E-state index contributed by atoms with van der Waals surface area (Å²) in [6, 6.07) is 1.63. The van der Waals surface area contributed by atoms with E-state index < -0.39 is 39.1 Å². The van der Waals surface area contributed by atoms with Crippen LogP contribution in [0, 0.1) is 5.82 Å². The number of rotatable bonds is 3. The molecule has 10 heteroatoms. The zero-order chi connectivity index (χ0) is 18.3. The Bertz CT molecular complexity index is 706. The van der Waals surface area contributed by atoms with Crippen LogP contribution in [0.4, 0.5) is 27.6 Å². The number of alkyl halides is 4. The second-order valence-corrected chi connectivity index (χ2v) is 7.80. The van der Waals surface area contributed by atoms with Crippen molar-refractivity contribution in [2.45, 2.75) is 31.6 Å². The molecule has 1 heterocycles. The van der Waals surface area contributed by atoms with E-state index in [9.17, 15) is 30.4 Å². The van der Waals surface area contributed by atoms with Crippen LogP contribution in [0.5, 0.6) is 0 Å². The van der Waals surface area contributed by atoms with Crippen LogP contribution in [0.15, 0.2) is 18.2 Å². The van der Waals surface area contributed by atoms with Gasteiger partial charge in [0.05, 0.1) is 5.56 Å². The van der Waals surface area contributed by atoms with Crippen LogP contribution in [-0.2, 0) is 16.2 Å². The number of sulfonamides is 1. The molecule has 0 aliphatic carbocycles. The smallest absolute Gasteiger partial charge is 0.368 e. The summed E-state index contributed by atoms with van der Waals surface area (Å²) in [5.41, 5.74) is -3.44. The largest absolute Gasteiger partial charge is 0.418 e. The fraction of sp³-hybridized carbons (Fsp3) is 0.571. The Morgan fingerprint density at radius 1 is 1.25 bits per heavy atom. The molecule has 0 N–H and O–H groups in total. The normalized spacial score (nSPS) is 21.8. The van der Waals surface area contributed by atoms with Gasteiger partial charge < -0.3 is 4.90 Å². The van der Waals surface area contributed by atoms with E-state index in [4.69, 9.17) is 0 Å². The summed E-state index contributed by atoms with van der Waals surface area (Å²) >= 11 is 0. The fourth-order valence-corrected chi connectivity index (χ4v) is 4.01. The Hall–Kier alpha value is -1.42. The van der Waals surface area contributed by atoms with Gasteiger partial charge in [-0.3, -0.25) is 0 Å². The van der Waals surface area contributed by atoms with Crippen LogP contribution in [0.25, 0.3) is 0 Å². The van der Waals surface area contributed by atoms with Crippen LogP contribution in [0.2, 0.25) is 0 Å². The van der Waals surface area contributed by atoms with Crippen molar-refractivity contribution >= 4 is 15.7 Å². The highest BCUT2D eigenvalue weighted by Gasteiger charge is 2.39. The van der Waals surface area contributed by atoms with E-state index in [2.05, 4.69) is 0 Å². The topological polar surface area (TPSA) is 40.6 Å². The molecular formula is C14H17F5N2O2S. The maximum Gasteiger partial charge on any atom is 0.418 e. The first-order valence-electron chi connectivity index (χ1n) is 7.21. The van der Waals surface area contributed by atoms with E-state index >= 15 is 0 Å². The first-order chi connectivity index (χ1) is 10.9. The molecule has 0 spiro atoms. The Labute approximate surface area is 136 Å². The molecule has 2 atom stereocenters. The predicted octanol–water partition coefficient (Wildman–Crippen LogP) is 3.00. The molecule has 0 saturated carbocycles. The van der Waals surface area contributed by atoms with Gasteiger partial charge in [0, 0.05) is 31.4 Å². The Morgan fingerprint density at radius 3 is 2.38 bits per heavy atom. The third kappa shape index (κ3) is 3.64. The monoisotopic (exact) mass is 372 g/mol. The van der Waals surface area contributed by atoms with Crippen LogP contribution in [-0.4, -0.2) is 43.9 Å². The minimum Gasteiger partial charge on any atom is -0.368 e. The van der Waals surface area contributed by atoms with Gasteiger partial charge in [-0.15, -0.1) is 0 Å². The molecule has 1 fully saturated rings. The summed E-state index contributed by atoms with van der Waals surface area (Å²) in [4.78, 5) is 1.34. The van der Waals surface area contributed by atoms with Gasteiger partial charge in [0.25, 0.3) is 0 Å². The minimum atomic E-state index is -4.74. The number of hydrogen-bond donors (Lipinski definition) is 0. The van der Waals surface area contributed by atoms with Gasteiger partial charge in [-0.2, -0.15) is 17.5 Å². The third-order valence-corrected chi connectivity index (χ3v) is 5.93. The van der Waals surface area contributed by atoms with E-state index in [0.29, 0.717) is 6.07 Å². The molecule has 0 aromatic heterocycles. The SMILES string of the molecule is CC(F)S(=O)(=O)N1CCN(c2ccc(F)cc2C(F)(F)F)C[C@H]1C. The Morgan fingerprint density at radius 2 is 1.88 bits per heavy atom. The van der Waals surface area contributed by atoms with Crippen LogP contribution >= 0.6 is 0 Å². The predicted molar refractivity (Wildman–Crippen MR) is 79.3 cm³/mol. The van der Waals surface area contributed by atoms with Gasteiger partial charge in [0.2, 0.25) is 15.5 Å². The molecule has 0 amide bonds. The van der Waals surface area contributed by atoms with Crippen molar-refractivity contribution in [1.29, 1.82) is 0 Å². The molecule has 1 saturated heterocycles. The molecule has 0 radical (unpaired) electrons. The molecule has 136 valence electrons. The Balaban J connectivity index is 2.30. The van der Waals surface area contributed by atoms with Gasteiger partial charge >= 0.3 is 6.18 Å². The van der Waals surface area contributed by atoms with E-state index in [0.717, 1.165) is 23.4 Å². The van der Waals surface area contributed by atoms with E-state index in [1.165, 1.54) is 11.8 Å². The van der Waals surface area contributed by atoms with Crippen molar-refractivity contribution < 1.29 is 30.4 Å². The number of halogens is 5. The first kappa shape index (κ1) is 18.9. The standard InChI is InChI=1S/C14H17F5N2O2S/c1-9-8-20(5-6-21(9)24(22,23)10(2)15)13-4-3-11(16)7-12(13)14(17,18)19/h3-4,7,9-10H,5-6,8H2,1-2H3/t9-,10?/m1/s1. The van der Waals surface area contributed by atoms with Crippen LogP contribution in [0.1, 0.15) is 19.4 Å². The van der Waals surface area contributed by atoms with Crippen molar-refractivity contribution in [2.24, 2.45) is 0 Å². The fourth-order valence-electron chi connectivity index (χ4n) is 2.74. The molecule has 24 heavy (non-hydrogen) atoms. The average molecular weight is 372 g/mol. The zero-order valence-electron chi connectivity index (χ0n) is 13.0. The zero-order valence-corrected chi connectivity index (χ0v) is 13.8. The lowest BCUT2D eigenvalue weighted by Gasteiger charge is -2.41.